The van der Waals surface area contributed by atoms with E-state index in [1.54, 1.807) is 0 Å². The molecule has 0 spiro atoms. The molecule has 176 valence electrons. The van der Waals surface area contributed by atoms with E-state index in [0.717, 1.165) is 19.6 Å². The van der Waals surface area contributed by atoms with Crippen molar-refractivity contribution >= 4 is 0 Å². The van der Waals surface area contributed by atoms with Gasteiger partial charge in [0.1, 0.15) is 0 Å². The predicted octanol–water partition coefficient (Wildman–Crippen LogP) is 2.33. The van der Waals surface area contributed by atoms with Crippen molar-refractivity contribution in [1.29, 1.82) is 0 Å². The second-order valence-corrected chi connectivity index (χ2v) is 6.19. The van der Waals surface area contributed by atoms with E-state index < -0.39 is 0 Å². The summed E-state index contributed by atoms with van der Waals surface area (Å²) >= 11 is 0. The highest BCUT2D eigenvalue weighted by Gasteiger charge is 1.95. The van der Waals surface area contributed by atoms with E-state index in [1.165, 1.54) is 12.8 Å². The van der Waals surface area contributed by atoms with Crippen LogP contribution >= 0.6 is 0 Å². The third kappa shape index (κ3) is 27.7. The molecule has 0 saturated carbocycles. The Morgan fingerprint density at radius 3 is 0.862 bits per heavy atom. The van der Waals surface area contributed by atoms with E-state index in [0.29, 0.717) is 92.5 Å². The van der Waals surface area contributed by atoms with Gasteiger partial charge in [-0.2, -0.15) is 0 Å². The van der Waals surface area contributed by atoms with Crippen LogP contribution in [0.3, 0.4) is 0 Å². The van der Waals surface area contributed by atoms with Gasteiger partial charge in [0.25, 0.3) is 0 Å². The first kappa shape index (κ1) is 28.7. The number of ether oxygens (including phenoxy) is 8. The lowest BCUT2D eigenvalue weighted by Crippen LogP contribution is -2.15. The highest BCUT2D eigenvalue weighted by atomic mass is 16.6. The van der Waals surface area contributed by atoms with Crippen LogP contribution in [0, 0.1) is 0 Å². The van der Waals surface area contributed by atoms with Crippen molar-refractivity contribution in [3.8, 4) is 0 Å². The molecule has 0 aromatic carbocycles. The molecule has 0 amide bonds. The van der Waals surface area contributed by atoms with E-state index in [2.05, 4.69) is 6.92 Å². The van der Waals surface area contributed by atoms with Gasteiger partial charge in [-0.1, -0.05) is 19.8 Å². The first-order valence-electron chi connectivity index (χ1n) is 11.0. The lowest BCUT2D eigenvalue weighted by molar-refractivity contribution is -0.0229. The zero-order chi connectivity index (χ0) is 21.1. The highest BCUT2D eigenvalue weighted by molar-refractivity contribution is 4.39. The maximum atomic E-state index is 5.46. The van der Waals surface area contributed by atoms with Crippen molar-refractivity contribution in [2.75, 3.05) is 106 Å². The van der Waals surface area contributed by atoms with Gasteiger partial charge < -0.3 is 37.9 Å². The van der Waals surface area contributed by atoms with E-state index in [-0.39, 0.29) is 0 Å². The Hall–Kier alpha value is -0.320. The van der Waals surface area contributed by atoms with Crippen LogP contribution in [-0.2, 0) is 37.9 Å². The first-order valence-corrected chi connectivity index (χ1v) is 11.0. The second kappa shape index (κ2) is 27.7. The summed E-state index contributed by atoms with van der Waals surface area (Å²) < 4.78 is 43.1. The van der Waals surface area contributed by atoms with Crippen LogP contribution in [-0.4, -0.2) is 106 Å². The molecule has 0 rings (SSSR count). The van der Waals surface area contributed by atoms with Crippen molar-refractivity contribution in [2.45, 2.75) is 33.1 Å². The molecular formula is C21H44O8. The predicted molar refractivity (Wildman–Crippen MR) is 112 cm³/mol. The zero-order valence-electron chi connectivity index (χ0n) is 18.7. The minimum atomic E-state index is 0.551. The standard InChI is InChI=1S/C21H44O8/c1-3-5-6-7-23-10-11-25-14-15-27-18-19-29-21-20-28-17-16-26-13-12-24-9-8-22-4-2/h3-21H2,1-2H3. The number of rotatable bonds is 26. The molecule has 0 bridgehead atoms. The summed E-state index contributed by atoms with van der Waals surface area (Å²) in [5.74, 6) is 0. The minimum absolute atomic E-state index is 0.551. The summed E-state index contributed by atoms with van der Waals surface area (Å²) in [6.07, 6.45) is 3.57. The van der Waals surface area contributed by atoms with Gasteiger partial charge in [0.15, 0.2) is 0 Å². The minimum Gasteiger partial charge on any atom is -0.379 e. The van der Waals surface area contributed by atoms with Crippen molar-refractivity contribution < 1.29 is 37.9 Å². The Morgan fingerprint density at radius 2 is 0.586 bits per heavy atom. The molecule has 8 heteroatoms. The summed E-state index contributed by atoms with van der Waals surface area (Å²) in [4.78, 5) is 0. The third-order valence-corrected chi connectivity index (χ3v) is 3.70. The molecule has 0 heterocycles. The molecule has 0 radical (unpaired) electrons. The second-order valence-electron chi connectivity index (χ2n) is 6.19. The number of hydrogen-bond donors (Lipinski definition) is 0. The summed E-state index contributed by atoms with van der Waals surface area (Å²) in [7, 11) is 0. The Kier molecular flexibility index (Phi) is 27.4. The summed E-state index contributed by atoms with van der Waals surface area (Å²) in [5, 5.41) is 0. The average Bonchev–Trinajstić information content (AvgIpc) is 2.74. The fourth-order valence-corrected chi connectivity index (χ4v) is 2.14. The van der Waals surface area contributed by atoms with Crippen molar-refractivity contribution in [3.05, 3.63) is 0 Å². The first-order chi connectivity index (χ1) is 14.4. The molecule has 0 aliphatic carbocycles. The maximum absolute atomic E-state index is 5.46. The van der Waals surface area contributed by atoms with Crippen molar-refractivity contribution in [1.82, 2.24) is 0 Å². The normalized spacial score (nSPS) is 11.4. The van der Waals surface area contributed by atoms with Crippen LogP contribution in [0.25, 0.3) is 0 Å². The fourth-order valence-electron chi connectivity index (χ4n) is 2.14. The van der Waals surface area contributed by atoms with Crippen LogP contribution in [0.5, 0.6) is 0 Å². The Balaban J connectivity index is 2.97. The molecule has 8 nitrogen and oxygen atoms in total. The SMILES string of the molecule is CCCCCOCCOCCOCCOCCOCCOCCOCCOCC. The molecule has 0 saturated heterocycles. The van der Waals surface area contributed by atoms with Crippen molar-refractivity contribution in [2.24, 2.45) is 0 Å². The van der Waals surface area contributed by atoms with Gasteiger partial charge in [-0.15, -0.1) is 0 Å². The molecule has 0 aliphatic heterocycles. The van der Waals surface area contributed by atoms with Crippen LogP contribution in [0.4, 0.5) is 0 Å². The van der Waals surface area contributed by atoms with Gasteiger partial charge in [-0.3, -0.25) is 0 Å². The molecule has 0 atom stereocenters. The molecule has 0 unspecified atom stereocenters. The lowest BCUT2D eigenvalue weighted by atomic mass is 10.3. The van der Waals surface area contributed by atoms with Gasteiger partial charge >= 0.3 is 0 Å². The third-order valence-electron chi connectivity index (χ3n) is 3.70. The Bertz CT molecular complexity index is 255. The molecule has 0 aliphatic rings. The molecule has 0 aromatic rings. The molecule has 29 heavy (non-hydrogen) atoms. The van der Waals surface area contributed by atoms with Gasteiger partial charge in [-0.25, -0.2) is 0 Å². The largest absolute Gasteiger partial charge is 0.379 e. The van der Waals surface area contributed by atoms with E-state index in [9.17, 15) is 0 Å². The topological polar surface area (TPSA) is 73.8 Å². The quantitative estimate of drug-likeness (QED) is 0.196. The van der Waals surface area contributed by atoms with Gasteiger partial charge in [-0.05, 0) is 13.3 Å². The zero-order valence-corrected chi connectivity index (χ0v) is 18.7. The van der Waals surface area contributed by atoms with Gasteiger partial charge in [0, 0.05) is 13.2 Å². The Morgan fingerprint density at radius 1 is 0.310 bits per heavy atom. The monoisotopic (exact) mass is 424 g/mol. The Labute approximate surface area is 177 Å². The van der Waals surface area contributed by atoms with Gasteiger partial charge in [0.2, 0.25) is 0 Å². The highest BCUT2D eigenvalue weighted by Crippen LogP contribution is 1.93. The van der Waals surface area contributed by atoms with E-state index in [1.807, 2.05) is 6.92 Å². The molecule has 0 aromatic heterocycles. The number of unbranched alkanes of at least 4 members (excludes halogenated alkanes) is 2. The average molecular weight is 425 g/mol. The van der Waals surface area contributed by atoms with Crippen LogP contribution in [0.15, 0.2) is 0 Å². The maximum Gasteiger partial charge on any atom is 0.0701 e. The number of hydrogen-bond acceptors (Lipinski definition) is 8. The van der Waals surface area contributed by atoms with E-state index in [4.69, 9.17) is 37.9 Å². The fraction of sp³-hybridized carbons (Fsp3) is 1.00. The summed E-state index contributed by atoms with van der Waals surface area (Å²) in [6, 6.07) is 0. The van der Waals surface area contributed by atoms with E-state index >= 15 is 0 Å². The van der Waals surface area contributed by atoms with Crippen LogP contribution in [0.2, 0.25) is 0 Å². The van der Waals surface area contributed by atoms with Crippen LogP contribution < -0.4 is 0 Å². The van der Waals surface area contributed by atoms with Gasteiger partial charge in [0.05, 0.1) is 92.5 Å². The molecule has 0 N–H and O–H groups in total. The summed E-state index contributed by atoms with van der Waals surface area (Å²) in [6.45, 7) is 13.8. The van der Waals surface area contributed by atoms with Crippen molar-refractivity contribution in [3.63, 3.8) is 0 Å². The molecule has 0 fully saturated rings. The summed E-state index contributed by atoms with van der Waals surface area (Å²) in [5.41, 5.74) is 0. The molecular weight excluding hydrogens is 380 g/mol. The van der Waals surface area contributed by atoms with Crippen LogP contribution in [0.1, 0.15) is 33.1 Å². The lowest BCUT2D eigenvalue weighted by Gasteiger charge is -2.08. The smallest absolute Gasteiger partial charge is 0.0701 e.